The molecule has 1 N–H and O–H groups in total. The minimum atomic E-state index is 0.478. The Labute approximate surface area is 103 Å². The Kier molecular flexibility index (Phi) is 3.94. The van der Waals surface area contributed by atoms with E-state index in [1.165, 1.54) is 16.3 Å². The topological polar surface area (TPSA) is 12.0 Å². The molecule has 1 nitrogen and oxygen atoms in total. The number of hydrogen-bond donors (Lipinski definition) is 1. The fourth-order valence-corrected chi connectivity index (χ4v) is 2.06. The lowest BCUT2D eigenvalue weighted by atomic mass is 10.0. The Balaban J connectivity index is 2.15. The van der Waals surface area contributed by atoms with Crippen LogP contribution in [0.25, 0.3) is 10.8 Å². The second-order valence-corrected chi connectivity index (χ2v) is 4.44. The lowest BCUT2D eigenvalue weighted by molar-refractivity contribution is 0.555. The highest BCUT2D eigenvalue weighted by Gasteiger charge is 2.02. The van der Waals surface area contributed by atoms with Crippen molar-refractivity contribution in [3.8, 4) is 0 Å². The molecular weight excluding hydrogens is 206 g/mol. The summed E-state index contributed by atoms with van der Waals surface area (Å²) in [6, 6.07) is 15.5. The molecular formula is C16H19N. The molecule has 0 aromatic heterocycles. The van der Waals surface area contributed by atoms with Gasteiger partial charge in [0.2, 0.25) is 0 Å². The van der Waals surface area contributed by atoms with Gasteiger partial charge in [-0.25, -0.2) is 0 Å². The molecule has 0 amide bonds. The second-order valence-electron chi connectivity index (χ2n) is 4.44. The van der Waals surface area contributed by atoms with Crippen LogP contribution in [0.5, 0.6) is 0 Å². The third-order valence-electron chi connectivity index (χ3n) is 3.04. The van der Waals surface area contributed by atoms with Crippen molar-refractivity contribution in [3.05, 3.63) is 60.7 Å². The van der Waals surface area contributed by atoms with Gasteiger partial charge in [0.1, 0.15) is 0 Å². The Morgan fingerprint density at radius 3 is 2.76 bits per heavy atom. The summed E-state index contributed by atoms with van der Waals surface area (Å²) in [7, 11) is 0. The number of benzene rings is 2. The molecule has 0 aliphatic heterocycles. The van der Waals surface area contributed by atoms with Gasteiger partial charge in [-0.05, 0) is 29.7 Å². The quantitative estimate of drug-likeness (QED) is 0.761. The molecule has 2 aromatic rings. The zero-order valence-corrected chi connectivity index (χ0v) is 10.3. The summed E-state index contributed by atoms with van der Waals surface area (Å²) >= 11 is 0. The molecule has 0 saturated carbocycles. The largest absolute Gasteiger partial charge is 0.310 e. The van der Waals surface area contributed by atoms with Gasteiger partial charge in [-0.3, -0.25) is 0 Å². The molecule has 17 heavy (non-hydrogen) atoms. The van der Waals surface area contributed by atoms with Crippen LogP contribution in [0.1, 0.15) is 18.9 Å². The van der Waals surface area contributed by atoms with Gasteiger partial charge in [0.15, 0.2) is 0 Å². The van der Waals surface area contributed by atoms with E-state index in [1.54, 1.807) is 0 Å². The van der Waals surface area contributed by atoms with Gasteiger partial charge >= 0.3 is 0 Å². The monoisotopic (exact) mass is 225 g/mol. The van der Waals surface area contributed by atoms with Crippen LogP contribution in [-0.2, 0) is 6.54 Å². The smallest absolute Gasteiger partial charge is 0.0214 e. The highest BCUT2D eigenvalue weighted by Crippen LogP contribution is 2.18. The molecule has 1 atom stereocenters. The first-order chi connectivity index (χ1) is 8.31. The predicted octanol–water partition coefficient (Wildman–Crippen LogP) is 3.89. The van der Waals surface area contributed by atoms with E-state index in [9.17, 15) is 0 Å². The van der Waals surface area contributed by atoms with E-state index in [0.717, 1.165) is 13.0 Å². The molecule has 0 heterocycles. The number of nitrogens with one attached hydrogen (secondary N) is 1. The van der Waals surface area contributed by atoms with E-state index >= 15 is 0 Å². The average Bonchev–Trinajstić information content (AvgIpc) is 2.36. The van der Waals surface area contributed by atoms with Crippen molar-refractivity contribution < 1.29 is 0 Å². The maximum Gasteiger partial charge on any atom is 0.0214 e. The molecule has 2 rings (SSSR count). The number of hydrogen-bond acceptors (Lipinski definition) is 1. The van der Waals surface area contributed by atoms with E-state index in [2.05, 4.69) is 61.3 Å². The Morgan fingerprint density at radius 2 is 1.94 bits per heavy atom. The van der Waals surface area contributed by atoms with Crippen molar-refractivity contribution in [2.75, 3.05) is 0 Å². The molecule has 0 fully saturated rings. The fraction of sp³-hybridized carbons (Fsp3) is 0.250. The van der Waals surface area contributed by atoms with Crippen molar-refractivity contribution in [2.24, 2.45) is 0 Å². The van der Waals surface area contributed by atoms with Gasteiger partial charge in [0.05, 0.1) is 0 Å². The molecule has 1 heteroatoms. The Bertz CT molecular complexity index is 496. The van der Waals surface area contributed by atoms with Crippen LogP contribution < -0.4 is 5.32 Å². The number of rotatable bonds is 5. The molecule has 1 unspecified atom stereocenters. The maximum absolute atomic E-state index is 3.77. The van der Waals surface area contributed by atoms with Crippen LogP contribution in [0, 0.1) is 0 Å². The van der Waals surface area contributed by atoms with Crippen LogP contribution in [0.3, 0.4) is 0 Å². The molecule has 0 saturated heterocycles. The fourth-order valence-electron chi connectivity index (χ4n) is 2.06. The number of fused-ring (bicyclic) bond motifs is 1. The van der Waals surface area contributed by atoms with E-state index < -0.39 is 0 Å². The van der Waals surface area contributed by atoms with Crippen LogP contribution in [0.15, 0.2) is 55.1 Å². The minimum absolute atomic E-state index is 0.478. The summed E-state index contributed by atoms with van der Waals surface area (Å²) in [5.74, 6) is 0. The van der Waals surface area contributed by atoms with E-state index in [-0.39, 0.29) is 0 Å². The zero-order chi connectivity index (χ0) is 12.1. The first-order valence-electron chi connectivity index (χ1n) is 6.12. The first-order valence-corrected chi connectivity index (χ1v) is 6.12. The second kappa shape index (κ2) is 5.65. The van der Waals surface area contributed by atoms with E-state index in [1.807, 2.05) is 6.08 Å². The minimum Gasteiger partial charge on any atom is -0.310 e. The van der Waals surface area contributed by atoms with Crippen LogP contribution >= 0.6 is 0 Å². The SMILES string of the molecule is C=CCC(C)NCc1cccc2ccccc12. The summed E-state index contributed by atoms with van der Waals surface area (Å²) in [6.07, 6.45) is 2.96. The Morgan fingerprint density at radius 1 is 1.18 bits per heavy atom. The summed E-state index contributed by atoms with van der Waals surface area (Å²) in [6.45, 7) is 6.87. The zero-order valence-electron chi connectivity index (χ0n) is 10.3. The van der Waals surface area contributed by atoms with E-state index in [4.69, 9.17) is 0 Å². The standard InChI is InChI=1S/C16H19N/c1-3-7-13(2)17-12-15-10-6-9-14-8-4-5-11-16(14)15/h3-6,8-11,13,17H,1,7,12H2,2H3. The van der Waals surface area contributed by atoms with Crippen molar-refractivity contribution >= 4 is 10.8 Å². The van der Waals surface area contributed by atoms with Gasteiger partial charge in [0, 0.05) is 12.6 Å². The maximum atomic E-state index is 3.77. The lowest BCUT2D eigenvalue weighted by Gasteiger charge is -2.13. The van der Waals surface area contributed by atoms with Gasteiger partial charge in [-0.15, -0.1) is 6.58 Å². The highest BCUT2D eigenvalue weighted by atomic mass is 14.9. The summed E-state index contributed by atoms with van der Waals surface area (Å²) in [5.41, 5.74) is 1.36. The van der Waals surface area contributed by atoms with Crippen LogP contribution in [-0.4, -0.2) is 6.04 Å². The van der Waals surface area contributed by atoms with Gasteiger partial charge in [0.25, 0.3) is 0 Å². The molecule has 88 valence electrons. The summed E-state index contributed by atoms with van der Waals surface area (Å²) in [4.78, 5) is 0. The van der Waals surface area contributed by atoms with Gasteiger partial charge in [-0.2, -0.15) is 0 Å². The van der Waals surface area contributed by atoms with Crippen molar-refractivity contribution in [3.63, 3.8) is 0 Å². The highest BCUT2D eigenvalue weighted by molar-refractivity contribution is 5.85. The molecule has 0 aliphatic carbocycles. The third kappa shape index (κ3) is 2.95. The van der Waals surface area contributed by atoms with Crippen LogP contribution in [0.4, 0.5) is 0 Å². The first kappa shape index (κ1) is 11.9. The summed E-state index contributed by atoms with van der Waals surface area (Å²) in [5, 5.41) is 6.17. The van der Waals surface area contributed by atoms with Crippen molar-refractivity contribution in [2.45, 2.75) is 25.9 Å². The van der Waals surface area contributed by atoms with E-state index in [0.29, 0.717) is 6.04 Å². The molecule has 0 spiro atoms. The van der Waals surface area contributed by atoms with Crippen LogP contribution in [0.2, 0.25) is 0 Å². The van der Waals surface area contributed by atoms with Gasteiger partial charge in [-0.1, -0.05) is 48.5 Å². The normalized spacial score (nSPS) is 12.5. The molecule has 0 radical (unpaired) electrons. The third-order valence-corrected chi connectivity index (χ3v) is 3.04. The molecule has 0 aliphatic rings. The van der Waals surface area contributed by atoms with Crippen molar-refractivity contribution in [1.29, 1.82) is 0 Å². The van der Waals surface area contributed by atoms with Gasteiger partial charge < -0.3 is 5.32 Å². The molecule has 0 bridgehead atoms. The Hall–Kier alpha value is -1.60. The average molecular weight is 225 g/mol. The predicted molar refractivity (Wildman–Crippen MR) is 75.1 cm³/mol. The van der Waals surface area contributed by atoms with Crippen molar-refractivity contribution in [1.82, 2.24) is 5.32 Å². The summed E-state index contributed by atoms with van der Waals surface area (Å²) < 4.78 is 0. The lowest BCUT2D eigenvalue weighted by Crippen LogP contribution is -2.24. The molecule has 2 aromatic carbocycles.